The summed E-state index contributed by atoms with van der Waals surface area (Å²) in [4.78, 5) is 15.2. The van der Waals surface area contributed by atoms with Gasteiger partial charge in [0.1, 0.15) is 0 Å². The molecule has 2 rings (SSSR count). The van der Waals surface area contributed by atoms with E-state index in [2.05, 4.69) is 61.6 Å². The Kier molecular flexibility index (Phi) is 4.34. The number of Topliss-reactive ketones (excluding diaryl/α,β-unsaturated/α-hetero) is 1. The Hall–Kier alpha value is -1.09. The first-order chi connectivity index (χ1) is 9.61. The van der Waals surface area contributed by atoms with Crippen molar-refractivity contribution < 1.29 is 4.79 Å². The summed E-state index contributed by atoms with van der Waals surface area (Å²) in [5.74, 6) is 0.140. The summed E-state index contributed by atoms with van der Waals surface area (Å²) in [6, 6.07) is 7.62. The second kappa shape index (κ2) is 5.60. The number of allylic oxidation sites excluding steroid dienone is 1. The lowest BCUT2D eigenvalue weighted by atomic mass is 9.75. The van der Waals surface area contributed by atoms with Crippen LogP contribution >= 0.6 is 15.9 Å². The van der Waals surface area contributed by atoms with E-state index >= 15 is 0 Å². The van der Waals surface area contributed by atoms with Gasteiger partial charge in [-0.3, -0.25) is 4.79 Å². The summed E-state index contributed by atoms with van der Waals surface area (Å²) in [5.41, 5.74) is 1.63. The number of rotatable bonds is 2. The fourth-order valence-corrected chi connectivity index (χ4v) is 2.85. The molecule has 2 nitrogen and oxygen atoms in total. The molecule has 0 radical (unpaired) electrons. The second-order valence-electron chi connectivity index (χ2n) is 7.38. The third-order valence-corrected chi connectivity index (χ3v) is 4.73. The molecule has 0 amide bonds. The molecule has 0 fully saturated rings. The minimum absolute atomic E-state index is 0.0434. The molecule has 1 aliphatic heterocycles. The van der Waals surface area contributed by atoms with Gasteiger partial charge >= 0.3 is 0 Å². The molecule has 0 aromatic heterocycles. The third-order valence-electron chi connectivity index (χ3n) is 4.20. The quantitative estimate of drug-likeness (QED) is 0.696. The van der Waals surface area contributed by atoms with E-state index in [4.69, 9.17) is 0 Å². The topological polar surface area (TPSA) is 20.3 Å². The predicted octanol–water partition coefficient (Wildman–Crippen LogP) is 5.05. The van der Waals surface area contributed by atoms with Gasteiger partial charge in [-0.05, 0) is 56.9 Å². The third kappa shape index (κ3) is 3.57. The minimum atomic E-state index is -0.0775. The SMILES string of the molecule is CC1(C)CCN(C(C)(C)C)C=C1C(=O)c1ccc(Br)cc1. The van der Waals surface area contributed by atoms with Crippen molar-refractivity contribution in [3.05, 3.63) is 46.1 Å². The van der Waals surface area contributed by atoms with Crippen molar-refractivity contribution in [1.82, 2.24) is 4.90 Å². The molecule has 1 heterocycles. The van der Waals surface area contributed by atoms with E-state index in [0.29, 0.717) is 0 Å². The lowest BCUT2D eigenvalue weighted by Crippen LogP contribution is -2.44. The van der Waals surface area contributed by atoms with Gasteiger partial charge in [0.15, 0.2) is 5.78 Å². The number of hydrogen-bond acceptors (Lipinski definition) is 2. The van der Waals surface area contributed by atoms with Crippen molar-refractivity contribution >= 4 is 21.7 Å². The molecule has 0 atom stereocenters. The number of hydrogen-bond donors (Lipinski definition) is 0. The predicted molar refractivity (Wildman–Crippen MR) is 91.4 cm³/mol. The molecule has 0 spiro atoms. The summed E-state index contributed by atoms with van der Waals surface area (Å²) in [6.45, 7) is 11.9. The Bertz CT molecular complexity index is 564. The van der Waals surface area contributed by atoms with E-state index in [0.717, 1.165) is 28.6 Å². The Balaban J connectivity index is 2.39. The van der Waals surface area contributed by atoms with Crippen LogP contribution in [0, 0.1) is 5.41 Å². The molecule has 0 saturated carbocycles. The Morgan fingerprint density at radius 1 is 1.19 bits per heavy atom. The average Bonchev–Trinajstić information content (AvgIpc) is 2.37. The maximum absolute atomic E-state index is 12.9. The zero-order valence-electron chi connectivity index (χ0n) is 13.5. The highest BCUT2D eigenvalue weighted by Crippen LogP contribution is 2.38. The summed E-state index contributed by atoms with van der Waals surface area (Å²) >= 11 is 3.41. The zero-order chi connectivity index (χ0) is 15.8. The number of carbonyl (C=O) groups is 1. The van der Waals surface area contributed by atoms with Crippen LogP contribution < -0.4 is 0 Å². The van der Waals surface area contributed by atoms with Crippen LogP contribution in [0.4, 0.5) is 0 Å². The number of benzene rings is 1. The van der Waals surface area contributed by atoms with Gasteiger partial charge in [0.25, 0.3) is 0 Å². The van der Waals surface area contributed by atoms with Gasteiger partial charge in [-0.15, -0.1) is 0 Å². The van der Waals surface area contributed by atoms with Crippen molar-refractivity contribution in [1.29, 1.82) is 0 Å². The van der Waals surface area contributed by atoms with Gasteiger partial charge in [0, 0.05) is 33.9 Å². The molecule has 114 valence electrons. The molecule has 21 heavy (non-hydrogen) atoms. The number of ketones is 1. The van der Waals surface area contributed by atoms with Crippen LogP contribution in [0.1, 0.15) is 51.4 Å². The fraction of sp³-hybridized carbons (Fsp3) is 0.500. The molecule has 0 unspecified atom stereocenters. The number of carbonyl (C=O) groups excluding carboxylic acids is 1. The van der Waals surface area contributed by atoms with Crippen LogP contribution in [0.5, 0.6) is 0 Å². The van der Waals surface area contributed by atoms with E-state index < -0.39 is 0 Å². The van der Waals surface area contributed by atoms with Gasteiger partial charge in [0.05, 0.1) is 0 Å². The van der Waals surface area contributed by atoms with Crippen molar-refractivity contribution in [3.63, 3.8) is 0 Å². The van der Waals surface area contributed by atoms with E-state index in [1.165, 1.54) is 0 Å². The second-order valence-corrected chi connectivity index (χ2v) is 8.29. The maximum Gasteiger partial charge on any atom is 0.191 e. The van der Waals surface area contributed by atoms with Crippen LogP contribution in [0.2, 0.25) is 0 Å². The number of halogens is 1. The average molecular weight is 350 g/mol. The molecule has 0 saturated heterocycles. The van der Waals surface area contributed by atoms with Crippen LogP contribution in [-0.4, -0.2) is 22.8 Å². The fourth-order valence-electron chi connectivity index (χ4n) is 2.58. The molecule has 3 heteroatoms. The molecule has 0 aliphatic carbocycles. The van der Waals surface area contributed by atoms with Crippen LogP contribution in [0.15, 0.2) is 40.5 Å². The first-order valence-electron chi connectivity index (χ1n) is 7.40. The Morgan fingerprint density at radius 2 is 1.76 bits per heavy atom. The lowest BCUT2D eigenvalue weighted by molar-refractivity contribution is 0.0964. The van der Waals surface area contributed by atoms with E-state index in [1.54, 1.807) is 0 Å². The Labute approximate surface area is 136 Å². The standard InChI is InChI=1S/C18H24BrNO/c1-17(2,3)20-11-10-18(4,5)15(12-20)16(21)13-6-8-14(19)9-7-13/h6-9,12H,10-11H2,1-5H3. The van der Waals surface area contributed by atoms with Gasteiger partial charge in [-0.1, -0.05) is 29.8 Å². The largest absolute Gasteiger partial charge is 0.372 e. The highest BCUT2D eigenvalue weighted by Gasteiger charge is 2.35. The van der Waals surface area contributed by atoms with Crippen LogP contribution in [0.25, 0.3) is 0 Å². The van der Waals surface area contributed by atoms with Crippen molar-refractivity contribution in [3.8, 4) is 0 Å². The van der Waals surface area contributed by atoms with Gasteiger partial charge < -0.3 is 4.90 Å². The first-order valence-corrected chi connectivity index (χ1v) is 8.20. The zero-order valence-corrected chi connectivity index (χ0v) is 15.1. The summed E-state index contributed by atoms with van der Waals surface area (Å²) in [6.07, 6.45) is 3.08. The molecule has 1 aliphatic rings. The Morgan fingerprint density at radius 3 is 2.29 bits per heavy atom. The summed E-state index contributed by atoms with van der Waals surface area (Å²) in [5, 5.41) is 0. The highest BCUT2D eigenvalue weighted by molar-refractivity contribution is 9.10. The first kappa shape index (κ1) is 16.3. The maximum atomic E-state index is 12.9. The van der Waals surface area contributed by atoms with Gasteiger partial charge in [-0.2, -0.15) is 0 Å². The van der Waals surface area contributed by atoms with Crippen LogP contribution in [-0.2, 0) is 0 Å². The van der Waals surface area contributed by atoms with Crippen LogP contribution in [0.3, 0.4) is 0 Å². The molecule has 0 bridgehead atoms. The molecular formula is C18H24BrNO. The summed E-state index contributed by atoms with van der Waals surface area (Å²) in [7, 11) is 0. The molecular weight excluding hydrogens is 326 g/mol. The van der Waals surface area contributed by atoms with Gasteiger partial charge in [-0.25, -0.2) is 0 Å². The van der Waals surface area contributed by atoms with Crippen molar-refractivity contribution in [2.75, 3.05) is 6.54 Å². The van der Waals surface area contributed by atoms with Crippen molar-refractivity contribution in [2.45, 2.75) is 46.6 Å². The minimum Gasteiger partial charge on any atom is -0.372 e. The number of nitrogens with zero attached hydrogens (tertiary/aromatic N) is 1. The van der Waals surface area contributed by atoms with E-state index in [1.807, 2.05) is 24.3 Å². The monoisotopic (exact) mass is 349 g/mol. The molecule has 1 aromatic rings. The smallest absolute Gasteiger partial charge is 0.191 e. The van der Waals surface area contributed by atoms with Gasteiger partial charge in [0.2, 0.25) is 0 Å². The molecule has 0 N–H and O–H groups in total. The van der Waals surface area contributed by atoms with Crippen molar-refractivity contribution in [2.24, 2.45) is 5.41 Å². The highest BCUT2D eigenvalue weighted by atomic mass is 79.9. The molecule has 1 aromatic carbocycles. The lowest BCUT2D eigenvalue weighted by Gasteiger charge is -2.43. The normalized spacial score (nSPS) is 18.4. The summed E-state index contributed by atoms with van der Waals surface area (Å²) < 4.78 is 0.993. The van der Waals surface area contributed by atoms with E-state index in [-0.39, 0.29) is 16.7 Å². The van der Waals surface area contributed by atoms with E-state index in [9.17, 15) is 4.79 Å².